The van der Waals surface area contributed by atoms with Crippen molar-refractivity contribution in [1.29, 1.82) is 0 Å². The highest BCUT2D eigenvalue weighted by atomic mass is 79.9. The van der Waals surface area contributed by atoms with E-state index in [-0.39, 0.29) is 4.47 Å². The maximum atomic E-state index is 11.6. The zero-order valence-corrected chi connectivity index (χ0v) is 12.8. The summed E-state index contributed by atoms with van der Waals surface area (Å²) in [6.45, 7) is 3.13. The van der Waals surface area contributed by atoms with Crippen LogP contribution in [-0.2, 0) is 6.54 Å². The molecule has 21 heavy (non-hydrogen) atoms. The summed E-state index contributed by atoms with van der Waals surface area (Å²) in [5.41, 5.74) is -0.157. The number of nitro groups is 1. The number of nitrogens with zero attached hydrogens (tertiary/aromatic N) is 3. The molecule has 2 aromatic rings. The van der Waals surface area contributed by atoms with Gasteiger partial charge in [0.25, 0.3) is 5.43 Å². The molecule has 110 valence electrons. The Balaban J connectivity index is 2.33. The number of hydrogen-bond acceptors (Lipinski definition) is 5. The van der Waals surface area contributed by atoms with Gasteiger partial charge in [-0.05, 0) is 40.5 Å². The summed E-state index contributed by atoms with van der Waals surface area (Å²) in [7, 11) is 0. The van der Waals surface area contributed by atoms with Crippen LogP contribution in [0.4, 0.5) is 11.5 Å². The molecule has 2 rings (SSSR count). The lowest BCUT2D eigenvalue weighted by atomic mass is 10.2. The second-order valence-corrected chi connectivity index (χ2v) is 5.18. The standard InChI is InChI=1S/C13H13BrN4O3/c1-2-15-12-5-9(3-4-16-12)6-17-7-10(14)13(19)11(8-17)18(20)21/h3-5,7-8H,2,6H2,1H3,(H,15,16). The molecular weight excluding hydrogens is 340 g/mol. The van der Waals surface area contributed by atoms with Crippen molar-refractivity contribution in [3.63, 3.8) is 0 Å². The van der Waals surface area contributed by atoms with E-state index in [9.17, 15) is 14.9 Å². The molecule has 0 aliphatic heterocycles. The second kappa shape index (κ2) is 6.49. The summed E-state index contributed by atoms with van der Waals surface area (Å²) in [4.78, 5) is 26.0. The van der Waals surface area contributed by atoms with Crippen LogP contribution in [0.15, 0.2) is 40.0 Å². The van der Waals surface area contributed by atoms with Gasteiger partial charge in [0.05, 0.1) is 15.6 Å². The van der Waals surface area contributed by atoms with E-state index in [2.05, 4.69) is 26.2 Å². The van der Waals surface area contributed by atoms with Crippen molar-refractivity contribution in [3.05, 3.63) is 61.1 Å². The molecule has 0 atom stereocenters. The molecule has 0 radical (unpaired) electrons. The maximum absolute atomic E-state index is 11.6. The lowest BCUT2D eigenvalue weighted by molar-refractivity contribution is -0.386. The summed E-state index contributed by atoms with van der Waals surface area (Å²) >= 11 is 3.06. The van der Waals surface area contributed by atoms with Crippen LogP contribution in [-0.4, -0.2) is 21.0 Å². The van der Waals surface area contributed by atoms with Gasteiger partial charge in [0, 0.05) is 25.5 Å². The summed E-state index contributed by atoms with van der Waals surface area (Å²) in [5, 5.41) is 14.0. The highest BCUT2D eigenvalue weighted by Gasteiger charge is 2.15. The van der Waals surface area contributed by atoms with E-state index in [0.29, 0.717) is 6.54 Å². The molecule has 8 heteroatoms. The van der Waals surface area contributed by atoms with Crippen LogP contribution in [0.25, 0.3) is 0 Å². The first-order chi connectivity index (χ1) is 10.0. The highest BCUT2D eigenvalue weighted by molar-refractivity contribution is 9.10. The van der Waals surface area contributed by atoms with Gasteiger partial charge in [-0.2, -0.15) is 0 Å². The minimum atomic E-state index is -0.680. The van der Waals surface area contributed by atoms with E-state index in [1.165, 1.54) is 12.4 Å². The molecule has 2 heterocycles. The van der Waals surface area contributed by atoms with Crippen molar-refractivity contribution in [2.45, 2.75) is 13.5 Å². The first-order valence-corrected chi connectivity index (χ1v) is 7.03. The third-order valence-electron chi connectivity index (χ3n) is 2.76. The molecule has 0 saturated carbocycles. The van der Waals surface area contributed by atoms with Gasteiger partial charge in [-0.25, -0.2) is 4.98 Å². The lowest BCUT2D eigenvalue weighted by Crippen LogP contribution is -2.13. The highest BCUT2D eigenvalue weighted by Crippen LogP contribution is 2.14. The largest absolute Gasteiger partial charge is 0.370 e. The number of pyridine rings is 2. The number of halogens is 1. The van der Waals surface area contributed by atoms with Crippen LogP contribution in [0.5, 0.6) is 0 Å². The molecule has 0 amide bonds. The fraction of sp³-hybridized carbons (Fsp3) is 0.231. The number of hydrogen-bond donors (Lipinski definition) is 1. The molecule has 0 unspecified atom stereocenters. The Bertz CT molecular complexity index is 730. The third-order valence-corrected chi connectivity index (χ3v) is 3.33. The zero-order valence-electron chi connectivity index (χ0n) is 11.2. The molecule has 0 fully saturated rings. The summed E-state index contributed by atoms with van der Waals surface area (Å²) < 4.78 is 1.76. The maximum Gasteiger partial charge on any atom is 0.333 e. The average molecular weight is 353 g/mol. The van der Waals surface area contributed by atoms with Gasteiger partial charge in [0.1, 0.15) is 5.82 Å². The van der Waals surface area contributed by atoms with Gasteiger partial charge in [-0.3, -0.25) is 14.9 Å². The minimum Gasteiger partial charge on any atom is -0.370 e. The first-order valence-electron chi connectivity index (χ1n) is 6.24. The van der Waals surface area contributed by atoms with E-state index >= 15 is 0 Å². The van der Waals surface area contributed by atoms with Gasteiger partial charge >= 0.3 is 5.69 Å². The normalized spacial score (nSPS) is 10.4. The van der Waals surface area contributed by atoms with Crippen molar-refractivity contribution in [1.82, 2.24) is 9.55 Å². The van der Waals surface area contributed by atoms with Crippen molar-refractivity contribution in [2.75, 3.05) is 11.9 Å². The Morgan fingerprint density at radius 3 is 2.90 bits per heavy atom. The predicted octanol–water partition coefficient (Wildman–Crippen LogP) is 2.39. The van der Waals surface area contributed by atoms with E-state index in [4.69, 9.17) is 0 Å². The number of aromatic nitrogens is 2. The fourth-order valence-corrected chi connectivity index (χ4v) is 2.33. The second-order valence-electron chi connectivity index (χ2n) is 4.33. The molecule has 0 aromatic carbocycles. The van der Waals surface area contributed by atoms with Crippen LogP contribution in [0.3, 0.4) is 0 Å². The summed E-state index contributed by atoms with van der Waals surface area (Å²) in [6, 6.07) is 3.68. The Labute approximate surface area is 128 Å². The molecular formula is C13H13BrN4O3. The number of anilines is 1. The minimum absolute atomic E-state index is 0.165. The van der Waals surface area contributed by atoms with Crippen molar-refractivity contribution in [2.24, 2.45) is 0 Å². The van der Waals surface area contributed by atoms with E-state index in [0.717, 1.165) is 17.9 Å². The van der Waals surface area contributed by atoms with Crippen LogP contribution >= 0.6 is 15.9 Å². The number of nitrogens with one attached hydrogen (secondary N) is 1. The molecule has 0 bridgehead atoms. The van der Waals surface area contributed by atoms with E-state index in [1.807, 2.05) is 19.1 Å². The van der Waals surface area contributed by atoms with E-state index < -0.39 is 16.0 Å². The Hall–Kier alpha value is -2.22. The lowest BCUT2D eigenvalue weighted by Gasteiger charge is -2.09. The molecule has 0 saturated heterocycles. The van der Waals surface area contributed by atoms with Crippen LogP contribution in [0.2, 0.25) is 0 Å². The van der Waals surface area contributed by atoms with Gasteiger partial charge in [0.2, 0.25) is 0 Å². The zero-order chi connectivity index (χ0) is 15.4. The molecule has 2 aromatic heterocycles. The van der Waals surface area contributed by atoms with Crippen molar-refractivity contribution >= 4 is 27.4 Å². The van der Waals surface area contributed by atoms with Crippen LogP contribution < -0.4 is 10.7 Å². The topological polar surface area (TPSA) is 90.1 Å². The van der Waals surface area contributed by atoms with Crippen LogP contribution in [0, 0.1) is 10.1 Å². The first kappa shape index (κ1) is 15.2. The molecule has 7 nitrogen and oxygen atoms in total. The van der Waals surface area contributed by atoms with E-state index in [1.54, 1.807) is 10.8 Å². The number of rotatable bonds is 5. The predicted molar refractivity (Wildman–Crippen MR) is 82.6 cm³/mol. The third kappa shape index (κ3) is 3.66. The van der Waals surface area contributed by atoms with Gasteiger partial charge in [-0.15, -0.1) is 0 Å². The Kier molecular flexibility index (Phi) is 4.69. The summed E-state index contributed by atoms with van der Waals surface area (Å²) in [5.74, 6) is 0.740. The van der Waals surface area contributed by atoms with Crippen LogP contribution in [0.1, 0.15) is 12.5 Å². The van der Waals surface area contributed by atoms with Gasteiger partial charge in [-0.1, -0.05) is 0 Å². The molecule has 0 aliphatic carbocycles. The quantitative estimate of drug-likeness (QED) is 0.659. The Morgan fingerprint density at radius 2 is 2.24 bits per heavy atom. The monoisotopic (exact) mass is 352 g/mol. The van der Waals surface area contributed by atoms with Gasteiger partial charge < -0.3 is 9.88 Å². The van der Waals surface area contributed by atoms with Crippen molar-refractivity contribution in [3.8, 4) is 0 Å². The van der Waals surface area contributed by atoms with Gasteiger partial charge in [0.15, 0.2) is 0 Å². The van der Waals surface area contributed by atoms with Crippen molar-refractivity contribution < 1.29 is 4.92 Å². The Morgan fingerprint density at radius 1 is 1.48 bits per heavy atom. The molecule has 0 spiro atoms. The molecule has 1 N–H and O–H groups in total. The smallest absolute Gasteiger partial charge is 0.333 e. The average Bonchev–Trinajstić information content (AvgIpc) is 2.43. The summed E-state index contributed by atoms with van der Waals surface area (Å²) in [6.07, 6.45) is 4.43. The fourth-order valence-electron chi connectivity index (χ4n) is 1.86. The molecule has 0 aliphatic rings. The SMILES string of the molecule is CCNc1cc(Cn2cc(Br)c(=O)c([N+](=O)[O-])c2)ccn1.